The molecule has 84 valence electrons. The lowest BCUT2D eigenvalue weighted by atomic mass is 10.2. The Hall–Kier alpha value is -1.20. The minimum Gasteiger partial charge on any atom is -0.399 e. The van der Waals surface area contributed by atoms with Gasteiger partial charge in [-0.05, 0) is 24.6 Å². The van der Waals surface area contributed by atoms with Crippen LogP contribution in [0.15, 0.2) is 23.4 Å². The number of anilines is 1. The molecule has 0 aliphatic carbocycles. The number of aromatic amines is 1. The Morgan fingerprint density at radius 2 is 2.31 bits per heavy atom. The first-order valence-electron chi connectivity index (χ1n) is 4.71. The summed E-state index contributed by atoms with van der Waals surface area (Å²) in [7, 11) is 0. The summed E-state index contributed by atoms with van der Waals surface area (Å²) >= 11 is 7.59. The van der Waals surface area contributed by atoms with E-state index in [4.69, 9.17) is 17.3 Å². The molecule has 0 spiro atoms. The number of hydrogen-bond donors (Lipinski definition) is 2. The van der Waals surface area contributed by atoms with Gasteiger partial charge >= 0.3 is 0 Å². The fourth-order valence-electron chi connectivity index (χ4n) is 1.21. The topological polar surface area (TPSA) is 67.6 Å². The fraction of sp³-hybridized carbons (Fsp3) is 0.200. The summed E-state index contributed by atoms with van der Waals surface area (Å²) in [5.74, 6) is 1.54. The summed E-state index contributed by atoms with van der Waals surface area (Å²) in [5.41, 5.74) is 7.32. The van der Waals surface area contributed by atoms with Crippen molar-refractivity contribution in [1.82, 2.24) is 15.2 Å². The summed E-state index contributed by atoms with van der Waals surface area (Å²) in [5, 5.41) is 8.24. The molecule has 0 atom stereocenters. The third-order valence-corrected chi connectivity index (χ3v) is 3.26. The standard InChI is InChI=1S/C10H11ClN4S/c1-6-13-10(15-14-6)16-5-7-2-3-8(12)4-9(7)11/h2-4H,5,12H2,1H3,(H,13,14,15). The van der Waals surface area contributed by atoms with Crippen LogP contribution in [0.2, 0.25) is 5.02 Å². The molecule has 0 radical (unpaired) electrons. The van der Waals surface area contributed by atoms with Crippen molar-refractivity contribution in [2.24, 2.45) is 0 Å². The second-order valence-electron chi connectivity index (χ2n) is 3.34. The SMILES string of the molecule is Cc1nc(SCc2ccc(N)cc2Cl)n[nH]1. The van der Waals surface area contributed by atoms with Crippen LogP contribution < -0.4 is 5.73 Å². The molecule has 2 aromatic rings. The molecule has 2 rings (SSSR count). The quantitative estimate of drug-likeness (QED) is 0.653. The molecule has 0 aliphatic rings. The number of nitrogens with zero attached hydrogens (tertiary/aromatic N) is 2. The van der Waals surface area contributed by atoms with Gasteiger partial charge in [-0.2, -0.15) is 0 Å². The van der Waals surface area contributed by atoms with Gasteiger partial charge in [0.25, 0.3) is 0 Å². The van der Waals surface area contributed by atoms with Gasteiger partial charge in [0.2, 0.25) is 5.16 Å². The number of halogens is 1. The Balaban J connectivity index is 2.04. The Morgan fingerprint density at radius 1 is 1.50 bits per heavy atom. The summed E-state index contributed by atoms with van der Waals surface area (Å²) in [6.07, 6.45) is 0. The van der Waals surface area contributed by atoms with Gasteiger partial charge in [-0.3, -0.25) is 5.10 Å². The highest BCUT2D eigenvalue weighted by atomic mass is 35.5. The molecule has 4 nitrogen and oxygen atoms in total. The fourth-order valence-corrected chi connectivity index (χ4v) is 2.39. The maximum atomic E-state index is 6.06. The van der Waals surface area contributed by atoms with Gasteiger partial charge in [0.15, 0.2) is 0 Å². The Bertz CT molecular complexity index is 497. The lowest BCUT2D eigenvalue weighted by Gasteiger charge is -2.02. The number of nitrogens with one attached hydrogen (secondary N) is 1. The van der Waals surface area contributed by atoms with Gasteiger partial charge < -0.3 is 5.73 Å². The maximum absolute atomic E-state index is 6.06. The summed E-state index contributed by atoms with van der Waals surface area (Å²) in [4.78, 5) is 4.20. The number of aromatic nitrogens is 3. The lowest BCUT2D eigenvalue weighted by Crippen LogP contribution is -1.88. The highest BCUT2D eigenvalue weighted by Gasteiger charge is 2.04. The predicted octanol–water partition coefficient (Wildman–Crippen LogP) is 2.64. The molecule has 16 heavy (non-hydrogen) atoms. The summed E-state index contributed by atoms with van der Waals surface area (Å²) in [6, 6.07) is 5.51. The van der Waals surface area contributed by atoms with Crippen LogP contribution in [-0.4, -0.2) is 15.2 Å². The highest BCUT2D eigenvalue weighted by molar-refractivity contribution is 7.98. The average molecular weight is 255 g/mol. The molecule has 0 saturated heterocycles. The van der Waals surface area contributed by atoms with Crippen molar-refractivity contribution < 1.29 is 0 Å². The number of H-pyrrole nitrogens is 1. The zero-order chi connectivity index (χ0) is 11.5. The number of nitrogens with two attached hydrogens (primary N) is 1. The van der Waals surface area contributed by atoms with E-state index in [1.165, 1.54) is 11.8 Å². The summed E-state index contributed by atoms with van der Waals surface area (Å²) in [6.45, 7) is 1.87. The molecule has 0 fully saturated rings. The van der Waals surface area contributed by atoms with Crippen LogP contribution in [0.5, 0.6) is 0 Å². The van der Waals surface area contributed by atoms with E-state index in [0.717, 1.165) is 22.3 Å². The minimum absolute atomic E-state index is 0.674. The zero-order valence-electron chi connectivity index (χ0n) is 8.70. The van der Waals surface area contributed by atoms with Crippen LogP contribution in [-0.2, 0) is 5.75 Å². The molecule has 0 unspecified atom stereocenters. The average Bonchev–Trinajstić information content (AvgIpc) is 2.63. The molecule has 0 bridgehead atoms. The van der Waals surface area contributed by atoms with E-state index in [1.807, 2.05) is 19.1 Å². The normalized spacial score (nSPS) is 10.6. The van der Waals surface area contributed by atoms with Crippen LogP contribution in [0.3, 0.4) is 0 Å². The first-order valence-corrected chi connectivity index (χ1v) is 6.07. The van der Waals surface area contributed by atoms with Crippen molar-refractivity contribution >= 4 is 29.1 Å². The van der Waals surface area contributed by atoms with Crippen LogP contribution in [0.1, 0.15) is 11.4 Å². The Morgan fingerprint density at radius 3 is 2.94 bits per heavy atom. The van der Waals surface area contributed by atoms with Crippen LogP contribution in [0.4, 0.5) is 5.69 Å². The third kappa shape index (κ3) is 2.68. The van der Waals surface area contributed by atoms with Gasteiger partial charge in [0.1, 0.15) is 5.82 Å². The second kappa shape index (κ2) is 4.76. The van der Waals surface area contributed by atoms with Crippen molar-refractivity contribution in [3.05, 3.63) is 34.6 Å². The largest absolute Gasteiger partial charge is 0.399 e. The zero-order valence-corrected chi connectivity index (χ0v) is 10.3. The number of benzene rings is 1. The van der Waals surface area contributed by atoms with Crippen molar-refractivity contribution in [3.8, 4) is 0 Å². The van der Waals surface area contributed by atoms with Crippen molar-refractivity contribution in [2.45, 2.75) is 17.8 Å². The monoisotopic (exact) mass is 254 g/mol. The number of hydrogen-bond acceptors (Lipinski definition) is 4. The van der Waals surface area contributed by atoms with Gasteiger partial charge in [0, 0.05) is 16.5 Å². The van der Waals surface area contributed by atoms with Crippen LogP contribution in [0, 0.1) is 6.92 Å². The minimum atomic E-state index is 0.674. The van der Waals surface area contributed by atoms with Crippen molar-refractivity contribution in [2.75, 3.05) is 5.73 Å². The van der Waals surface area contributed by atoms with Crippen LogP contribution in [0.25, 0.3) is 0 Å². The smallest absolute Gasteiger partial charge is 0.208 e. The van der Waals surface area contributed by atoms with Gasteiger partial charge in [-0.25, -0.2) is 4.98 Å². The first kappa shape index (κ1) is 11.3. The van der Waals surface area contributed by atoms with E-state index < -0.39 is 0 Å². The molecule has 1 aromatic carbocycles. The molecule has 3 N–H and O–H groups in total. The lowest BCUT2D eigenvalue weighted by molar-refractivity contribution is 0.969. The number of nitrogen functional groups attached to an aromatic ring is 1. The van der Waals surface area contributed by atoms with E-state index in [0.29, 0.717) is 10.7 Å². The van der Waals surface area contributed by atoms with Gasteiger partial charge in [-0.1, -0.05) is 29.4 Å². The third-order valence-electron chi connectivity index (χ3n) is 2.01. The number of rotatable bonds is 3. The Labute approximate surface area is 103 Å². The Kier molecular flexibility index (Phi) is 3.36. The number of thioether (sulfide) groups is 1. The molecule has 6 heteroatoms. The molecule has 0 saturated carbocycles. The van der Waals surface area contributed by atoms with E-state index in [1.54, 1.807) is 6.07 Å². The molecular formula is C10H11ClN4S. The van der Waals surface area contributed by atoms with Crippen molar-refractivity contribution in [1.29, 1.82) is 0 Å². The molecule has 1 aromatic heterocycles. The molecule has 1 heterocycles. The van der Waals surface area contributed by atoms with Crippen molar-refractivity contribution in [3.63, 3.8) is 0 Å². The van der Waals surface area contributed by atoms with E-state index in [2.05, 4.69) is 15.2 Å². The summed E-state index contributed by atoms with van der Waals surface area (Å²) < 4.78 is 0. The first-order chi connectivity index (χ1) is 7.65. The molecule has 0 amide bonds. The molecule has 0 aliphatic heterocycles. The highest BCUT2D eigenvalue weighted by Crippen LogP contribution is 2.25. The maximum Gasteiger partial charge on any atom is 0.208 e. The second-order valence-corrected chi connectivity index (χ2v) is 4.69. The van der Waals surface area contributed by atoms with E-state index in [-0.39, 0.29) is 0 Å². The molecular weight excluding hydrogens is 244 g/mol. The van der Waals surface area contributed by atoms with Gasteiger partial charge in [0.05, 0.1) is 0 Å². The predicted molar refractivity (Wildman–Crippen MR) is 66.5 cm³/mol. The van der Waals surface area contributed by atoms with Gasteiger partial charge in [-0.15, -0.1) is 5.10 Å². The van der Waals surface area contributed by atoms with E-state index in [9.17, 15) is 0 Å². The van der Waals surface area contributed by atoms with E-state index >= 15 is 0 Å². The van der Waals surface area contributed by atoms with Crippen LogP contribution >= 0.6 is 23.4 Å². The number of aryl methyl sites for hydroxylation is 1.